The summed E-state index contributed by atoms with van der Waals surface area (Å²) in [5.41, 5.74) is 3.84. The first-order chi connectivity index (χ1) is 15.6. The van der Waals surface area contributed by atoms with Crippen LogP contribution in [-0.4, -0.2) is 32.3 Å². The molecule has 0 unspecified atom stereocenters. The molecule has 0 bridgehead atoms. The minimum atomic E-state index is -0.237. The van der Waals surface area contributed by atoms with Gasteiger partial charge in [0.2, 0.25) is 5.90 Å². The number of nitrogens with zero attached hydrogens (tertiary/aromatic N) is 1. The normalized spacial score (nSPS) is 15.2. The summed E-state index contributed by atoms with van der Waals surface area (Å²) in [6.07, 6.45) is 6.15. The van der Waals surface area contributed by atoms with Crippen molar-refractivity contribution in [2.24, 2.45) is 4.99 Å². The van der Waals surface area contributed by atoms with E-state index < -0.39 is 0 Å². The first-order valence-electron chi connectivity index (χ1n) is 11.9. The zero-order valence-electron chi connectivity index (χ0n) is 21.2. The maximum absolute atomic E-state index is 6.00. The second-order valence-corrected chi connectivity index (χ2v) is 11.1. The van der Waals surface area contributed by atoms with E-state index in [9.17, 15) is 0 Å². The van der Waals surface area contributed by atoms with E-state index in [1.54, 1.807) is 14.2 Å². The second-order valence-electron chi connectivity index (χ2n) is 10.2. The highest BCUT2D eigenvalue weighted by molar-refractivity contribution is 9.10. The molecular weight excluding hydrogens is 478 g/mol. The highest BCUT2D eigenvalue weighted by atomic mass is 79.9. The monoisotopic (exact) mass is 515 g/mol. The molecule has 0 aliphatic carbocycles. The molecule has 0 N–H and O–H groups in total. The van der Waals surface area contributed by atoms with Crippen LogP contribution in [0.1, 0.15) is 77.8 Å². The number of unbranched alkanes of at least 4 members (excludes halogenated alkanes) is 3. The van der Waals surface area contributed by atoms with Crippen LogP contribution in [0.15, 0.2) is 39.8 Å². The van der Waals surface area contributed by atoms with Crippen LogP contribution < -0.4 is 9.47 Å². The van der Waals surface area contributed by atoms with Crippen molar-refractivity contribution in [1.82, 2.24) is 0 Å². The molecule has 180 valence electrons. The van der Waals surface area contributed by atoms with E-state index in [1.165, 1.54) is 31.2 Å². The lowest BCUT2D eigenvalue weighted by Gasteiger charge is -2.28. The lowest BCUT2D eigenvalue weighted by atomic mass is 9.79. The predicted octanol–water partition coefficient (Wildman–Crippen LogP) is 7.94. The van der Waals surface area contributed by atoms with Crippen LogP contribution in [0.25, 0.3) is 11.1 Å². The van der Waals surface area contributed by atoms with Gasteiger partial charge in [-0.25, -0.2) is 4.99 Å². The fourth-order valence-electron chi connectivity index (χ4n) is 4.34. The minimum Gasteiger partial charge on any atom is -0.496 e. The van der Waals surface area contributed by atoms with Crippen LogP contribution in [0.3, 0.4) is 0 Å². The summed E-state index contributed by atoms with van der Waals surface area (Å²) in [7, 11) is 3.45. The summed E-state index contributed by atoms with van der Waals surface area (Å²) in [4.78, 5) is 4.82. The Balaban J connectivity index is 2.11. The molecule has 4 nitrogen and oxygen atoms in total. The van der Waals surface area contributed by atoms with E-state index in [1.807, 2.05) is 12.1 Å². The lowest BCUT2D eigenvalue weighted by molar-refractivity contribution is 0.279. The summed E-state index contributed by atoms with van der Waals surface area (Å²) in [6.45, 7) is 11.6. The number of rotatable bonds is 10. The van der Waals surface area contributed by atoms with Crippen molar-refractivity contribution in [1.29, 1.82) is 0 Å². The Bertz CT molecular complexity index is 985. The third-order valence-corrected chi connectivity index (χ3v) is 6.88. The van der Waals surface area contributed by atoms with Crippen molar-refractivity contribution in [3.05, 3.63) is 45.9 Å². The Morgan fingerprint density at radius 3 is 2.21 bits per heavy atom. The van der Waals surface area contributed by atoms with Crippen LogP contribution in [0.2, 0.25) is 0 Å². The maximum atomic E-state index is 6.00. The number of ether oxygens (including phenoxy) is 3. The van der Waals surface area contributed by atoms with Gasteiger partial charge in [-0.15, -0.1) is 0 Å². The van der Waals surface area contributed by atoms with E-state index >= 15 is 0 Å². The Kier molecular flexibility index (Phi) is 8.15. The molecule has 0 radical (unpaired) electrons. The van der Waals surface area contributed by atoms with Gasteiger partial charge in [-0.3, -0.25) is 0 Å². The van der Waals surface area contributed by atoms with Crippen molar-refractivity contribution >= 4 is 21.8 Å². The van der Waals surface area contributed by atoms with Gasteiger partial charge in [0.25, 0.3) is 0 Å². The van der Waals surface area contributed by atoms with Crippen LogP contribution in [-0.2, 0) is 10.2 Å². The topological polar surface area (TPSA) is 40.0 Å². The van der Waals surface area contributed by atoms with E-state index in [2.05, 4.69) is 68.7 Å². The summed E-state index contributed by atoms with van der Waals surface area (Å²) in [5.74, 6) is 2.25. The Labute approximate surface area is 207 Å². The maximum Gasteiger partial charge on any atom is 0.217 e. The number of methoxy groups -OCH3 is 2. The van der Waals surface area contributed by atoms with Gasteiger partial charge >= 0.3 is 0 Å². The molecule has 0 atom stereocenters. The molecule has 0 saturated carbocycles. The first-order valence-corrected chi connectivity index (χ1v) is 12.7. The summed E-state index contributed by atoms with van der Waals surface area (Å²) in [6, 6.07) is 10.5. The van der Waals surface area contributed by atoms with E-state index in [0.29, 0.717) is 12.5 Å². The first kappa shape index (κ1) is 25.6. The number of hydrogen-bond donors (Lipinski definition) is 0. The summed E-state index contributed by atoms with van der Waals surface area (Å²) < 4.78 is 18.9. The van der Waals surface area contributed by atoms with Gasteiger partial charge in [0, 0.05) is 15.6 Å². The fourth-order valence-corrected chi connectivity index (χ4v) is 4.70. The van der Waals surface area contributed by atoms with Crippen LogP contribution in [0.4, 0.5) is 0 Å². The standard InChI is InChI=1S/C28H38BrNO3/c1-8-9-10-11-14-27(2,3)19-15-23(31-6)25(24(16-19)32-7)22-17-20(29)12-13-21(22)26-30-28(4,5)18-33-26/h12-13,15-17H,8-11,14,18H2,1-7H3. The largest absolute Gasteiger partial charge is 0.496 e. The molecule has 0 aromatic heterocycles. The van der Waals surface area contributed by atoms with Gasteiger partial charge in [0.05, 0.1) is 25.3 Å². The number of hydrogen-bond acceptors (Lipinski definition) is 4. The highest BCUT2D eigenvalue weighted by Crippen LogP contribution is 2.45. The molecule has 0 spiro atoms. The molecule has 2 aromatic rings. The minimum absolute atomic E-state index is 0.0234. The SMILES string of the molecule is CCCCCCC(C)(C)c1cc(OC)c(-c2cc(Br)ccc2C2=NC(C)(C)CO2)c(OC)c1. The Hall–Kier alpha value is -2.01. The fraction of sp³-hybridized carbons (Fsp3) is 0.536. The lowest BCUT2D eigenvalue weighted by Crippen LogP contribution is -2.17. The molecule has 0 amide bonds. The molecule has 0 saturated heterocycles. The van der Waals surface area contributed by atoms with Crippen molar-refractivity contribution < 1.29 is 14.2 Å². The van der Waals surface area contributed by atoms with Gasteiger partial charge in [0.1, 0.15) is 18.1 Å². The molecule has 1 aliphatic heterocycles. The molecule has 5 heteroatoms. The van der Waals surface area contributed by atoms with Gasteiger partial charge in [0.15, 0.2) is 0 Å². The van der Waals surface area contributed by atoms with Crippen molar-refractivity contribution in [3.8, 4) is 22.6 Å². The molecular formula is C28H38BrNO3. The smallest absolute Gasteiger partial charge is 0.217 e. The molecule has 33 heavy (non-hydrogen) atoms. The number of halogens is 1. The van der Waals surface area contributed by atoms with Gasteiger partial charge in [-0.2, -0.15) is 0 Å². The van der Waals surface area contributed by atoms with Crippen LogP contribution >= 0.6 is 15.9 Å². The molecule has 0 fully saturated rings. The zero-order chi connectivity index (χ0) is 24.2. The zero-order valence-corrected chi connectivity index (χ0v) is 22.8. The molecule has 2 aromatic carbocycles. The van der Waals surface area contributed by atoms with Crippen LogP contribution in [0, 0.1) is 0 Å². The third-order valence-electron chi connectivity index (χ3n) is 6.39. The second kappa shape index (κ2) is 10.5. The van der Waals surface area contributed by atoms with Gasteiger partial charge in [-0.1, -0.05) is 62.4 Å². The highest BCUT2D eigenvalue weighted by Gasteiger charge is 2.31. The van der Waals surface area contributed by atoms with Crippen molar-refractivity contribution in [2.75, 3.05) is 20.8 Å². The number of aliphatic imine (C=N–C) groups is 1. The summed E-state index contributed by atoms with van der Waals surface area (Å²) in [5, 5.41) is 0. The number of benzene rings is 2. The summed E-state index contributed by atoms with van der Waals surface area (Å²) >= 11 is 3.64. The van der Waals surface area contributed by atoms with E-state index in [-0.39, 0.29) is 11.0 Å². The van der Waals surface area contributed by atoms with Gasteiger partial charge in [-0.05, 0) is 61.6 Å². The molecule has 1 heterocycles. The quantitative estimate of drug-likeness (QED) is 0.301. The average molecular weight is 517 g/mol. The molecule has 3 rings (SSSR count). The van der Waals surface area contributed by atoms with Crippen molar-refractivity contribution in [2.45, 2.75) is 77.7 Å². The van der Waals surface area contributed by atoms with E-state index in [0.717, 1.165) is 39.1 Å². The van der Waals surface area contributed by atoms with E-state index in [4.69, 9.17) is 19.2 Å². The Morgan fingerprint density at radius 2 is 1.67 bits per heavy atom. The predicted molar refractivity (Wildman–Crippen MR) is 141 cm³/mol. The molecule has 1 aliphatic rings. The van der Waals surface area contributed by atoms with Crippen molar-refractivity contribution in [3.63, 3.8) is 0 Å². The average Bonchev–Trinajstić information content (AvgIpc) is 3.14. The third kappa shape index (κ3) is 5.92. The van der Waals surface area contributed by atoms with Gasteiger partial charge < -0.3 is 14.2 Å². The van der Waals surface area contributed by atoms with Crippen LogP contribution in [0.5, 0.6) is 11.5 Å². The Morgan fingerprint density at radius 1 is 1.00 bits per heavy atom.